The van der Waals surface area contributed by atoms with Gasteiger partial charge in [-0.2, -0.15) is 13.2 Å². The molecule has 2 saturated heterocycles. The maximum Gasteiger partial charge on any atom is 0.490 e. The lowest BCUT2D eigenvalue weighted by Gasteiger charge is -2.53. The molecule has 0 radical (unpaired) electrons. The minimum Gasteiger partial charge on any atom is -0.475 e. The number of carboxylic acid groups (broad SMARTS) is 1. The highest BCUT2D eigenvalue weighted by atomic mass is 32.2. The molecule has 4 rings (SSSR count). The van der Waals surface area contributed by atoms with E-state index in [1.807, 2.05) is 11.8 Å². The molecule has 1 N–H and O–H groups in total. The zero-order chi connectivity index (χ0) is 19.7. The number of aliphatic carboxylic acids is 1. The molecule has 10 heteroatoms. The second-order valence-electron chi connectivity index (χ2n) is 7.02. The lowest BCUT2D eigenvalue weighted by atomic mass is 9.84. The molecule has 3 aliphatic rings. The molecular weight excluding hydrogens is 388 g/mol. The Kier molecular flexibility index (Phi) is 5.85. The fourth-order valence-corrected chi connectivity index (χ4v) is 4.96. The average Bonchev–Trinajstić information content (AvgIpc) is 2.91. The molecule has 0 amide bonds. The molecule has 1 aromatic heterocycles. The minimum atomic E-state index is -5.08. The third kappa shape index (κ3) is 4.84. The van der Waals surface area contributed by atoms with Crippen molar-refractivity contribution in [1.82, 2.24) is 9.88 Å². The number of hydrogen-bond acceptors (Lipinski definition) is 5. The second-order valence-corrected chi connectivity index (χ2v) is 8.51. The van der Waals surface area contributed by atoms with Gasteiger partial charge in [-0.25, -0.2) is 14.2 Å². The number of thioether (sulfide) groups is 1. The van der Waals surface area contributed by atoms with E-state index in [-0.39, 0.29) is 17.8 Å². The van der Waals surface area contributed by atoms with E-state index in [4.69, 9.17) is 14.6 Å². The highest BCUT2D eigenvalue weighted by molar-refractivity contribution is 8.01. The van der Waals surface area contributed by atoms with Gasteiger partial charge in [0.05, 0.1) is 0 Å². The van der Waals surface area contributed by atoms with Crippen molar-refractivity contribution in [2.75, 3.05) is 18.8 Å². The summed E-state index contributed by atoms with van der Waals surface area (Å²) in [7, 11) is 0. The molecule has 1 saturated carbocycles. The zero-order valence-electron chi connectivity index (χ0n) is 14.4. The first kappa shape index (κ1) is 20.2. The molecule has 3 fully saturated rings. The number of pyridine rings is 1. The average molecular weight is 408 g/mol. The normalized spacial score (nSPS) is 24.5. The number of alkyl halides is 3. The summed E-state index contributed by atoms with van der Waals surface area (Å²) < 4.78 is 51.4. The summed E-state index contributed by atoms with van der Waals surface area (Å²) in [6.45, 7) is 2.37. The van der Waals surface area contributed by atoms with Crippen molar-refractivity contribution < 1.29 is 32.2 Å². The van der Waals surface area contributed by atoms with Crippen molar-refractivity contribution in [3.05, 3.63) is 24.1 Å². The number of carboxylic acids is 1. The van der Waals surface area contributed by atoms with Crippen molar-refractivity contribution in [3.63, 3.8) is 0 Å². The lowest BCUT2D eigenvalue weighted by Crippen LogP contribution is -2.63. The third-order valence-electron chi connectivity index (χ3n) is 4.99. The van der Waals surface area contributed by atoms with Gasteiger partial charge in [-0.15, -0.1) is 11.8 Å². The maximum atomic E-state index is 13.6. The number of hydrogen-bond donors (Lipinski definition) is 1. The summed E-state index contributed by atoms with van der Waals surface area (Å²) in [5.74, 6) is -2.00. The Morgan fingerprint density at radius 3 is 2.56 bits per heavy atom. The standard InChI is InChI=1S/C15H19FN2OS.C2HF3O2/c16-13-5-2-6-17-14(13)19-12-7-15(20-8-12)9-18(10-15)11-3-1-4-11;3-2(4,5)1(6)7/h2,5-6,11-12H,1,3-4,7-10H2;(H,6,7). The number of nitrogens with zero attached hydrogens (tertiary/aromatic N) is 2. The van der Waals surface area contributed by atoms with Crippen LogP contribution in [0.3, 0.4) is 0 Å². The van der Waals surface area contributed by atoms with E-state index >= 15 is 0 Å². The van der Waals surface area contributed by atoms with E-state index in [0.29, 0.717) is 4.75 Å². The largest absolute Gasteiger partial charge is 0.490 e. The van der Waals surface area contributed by atoms with Gasteiger partial charge >= 0.3 is 12.1 Å². The zero-order valence-corrected chi connectivity index (χ0v) is 15.2. The van der Waals surface area contributed by atoms with Gasteiger partial charge in [-0.1, -0.05) is 6.42 Å². The highest BCUT2D eigenvalue weighted by Crippen LogP contribution is 2.48. The number of likely N-dealkylation sites (tertiary alicyclic amines) is 1. The smallest absolute Gasteiger partial charge is 0.475 e. The molecule has 0 aromatic carbocycles. The number of halogens is 4. The molecule has 2 aliphatic heterocycles. The van der Waals surface area contributed by atoms with Gasteiger partial charge in [-0.05, 0) is 25.0 Å². The van der Waals surface area contributed by atoms with E-state index in [1.165, 1.54) is 38.4 Å². The van der Waals surface area contributed by atoms with Crippen molar-refractivity contribution in [2.45, 2.75) is 48.8 Å². The van der Waals surface area contributed by atoms with Gasteiger partial charge in [-0.3, -0.25) is 4.90 Å². The highest BCUT2D eigenvalue weighted by Gasteiger charge is 2.52. The van der Waals surface area contributed by atoms with Crippen molar-refractivity contribution in [2.24, 2.45) is 0 Å². The van der Waals surface area contributed by atoms with Crippen LogP contribution in [0.2, 0.25) is 0 Å². The topological polar surface area (TPSA) is 62.7 Å². The van der Waals surface area contributed by atoms with Gasteiger partial charge in [0.25, 0.3) is 5.88 Å². The molecule has 1 spiro atoms. The quantitative estimate of drug-likeness (QED) is 0.774. The molecule has 1 unspecified atom stereocenters. The summed E-state index contributed by atoms with van der Waals surface area (Å²) in [5.41, 5.74) is 0. The fourth-order valence-electron chi connectivity index (χ4n) is 3.42. The van der Waals surface area contributed by atoms with Crippen LogP contribution >= 0.6 is 11.8 Å². The predicted molar refractivity (Wildman–Crippen MR) is 91.3 cm³/mol. The van der Waals surface area contributed by atoms with Crippen LogP contribution in [-0.4, -0.2) is 62.9 Å². The van der Waals surface area contributed by atoms with E-state index in [9.17, 15) is 17.6 Å². The van der Waals surface area contributed by atoms with Gasteiger partial charge in [0.2, 0.25) is 0 Å². The van der Waals surface area contributed by atoms with Crippen LogP contribution in [0.4, 0.5) is 17.6 Å². The summed E-state index contributed by atoms with van der Waals surface area (Å²) in [6.07, 6.45) is 1.77. The van der Waals surface area contributed by atoms with E-state index in [1.54, 1.807) is 12.3 Å². The number of aromatic nitrogens is 1. The monoisotopic (exact) mass is 408 g/mol. The second kappa shape index (κ2) is 7.83. The van der Waals surface area contributed by atoms with Crippen LogP contribution in [0.5, 0.6) is 5.88 Å². The molecule has 150 valence electrons. The SMILES string of the molecule is Fc1cccnc1OC1CSC2(C1)CN(C1CCC1)C2.O=C(O)C(F)(F)F. The summed E-state index contributed by atoms with van der Waals surface area (Å²) in [4.78, 5) is 15.5. The maximum absolute atomic E-state index is 13.6. The molecule has 1 aliphatic carbocycles. The number of ether oxygens (including phenoxy) is 1. The van der Waals surface area contributed by atoms with E-state index < -0.39 is 12.1 Å². The molecule has 3 heterocycles. The van der Waals surface area contributed by atoms with Crippen LogP contribution in [0.25, 0.3) is 0 Å². The number of rotatable bonds is 3. The Hall–Kier alpha value is -1.55. The third-order valence-corrected chi connectivity index (χ3v) is 6.57. The van der Waals surface area contributed by atoms with Crippen LogP contribution in [0.1, 0.15) is 25.7 Å². The van der Waals surface area contributed by atoms with Crippen molar-refractivity contribution >= 4 is 17.7 Å². The van der Waals surface area contributed by atoms with Gasteiger partial charge in [0, 0.05) is 42.2 Å². The van der Waals surface area contributed by atoms with E-state index in [2.05, 4.69) is 9.88 Å². The first-order valence-corrected chi connectivity index (χ1v) is 9.62. The molecule has 1 atom stereocenters. The van der Waals surface area contributed by atoms with Gasteiger partial charge in [0.1, 0.15) is 6.10 Å². The Labute approximate surface area is 158 Å². The Balaban J connectivity index is 0.000000260. The first-order chi connectivity index (χ1) is 12.7. The van der Waals surface area contributed by atoms with Crippen LogP contribution in [-0.2, 0) is 4.79 Å². The fraction of sp³-hybridized carbons (Fsp3) is 0.647. The Bertz CT molecular complexity index is 678. The molecular formula is C17H20F4N2O3S. The summed E-state index contributed by atoms with van der Waals surface area (Å²) in [6, 6.07) is 3.84. The van der Waals surface area contributed by atoms with Crippen molar-refractivity contribution in [3.8, 4) is 5.88 Å². The van der Waals surface area contributed by atoms with Crippen molar-refractivity contribution in [1.29, 1.82) is 0 Å². The summed E-state index contributed by atoms with van der Waals surface area (Å²) >= 11 is 2.00. The minimum absolute atomic E-state index is 0.105. The number of carbonyl (C=O) groups is 1. The molecule has 1 aromatic rings. The molecule has 27 heavy (non-hydrogen) atoms. The van der Waals surface area contributed by atoms with Gasteiger partial charge < -0.3 is 9.84 Å². The predicted octanol–water partition coefficient (Wildman–Crippen LogP) is 3.35. The van der Waals surface area contributed by atoms with Crippen LogP contribution in [0, 0.1) is 5.82 Å². The molecule has 0 bridgehead atoms. The first-order valence-electron chi connectivity index (χ1n) is 8.64. The van der Waals surface area contributed by atoms with Crippen LogP contribution in [0.15, 0.2) is 18.3 Å². The Morgan fingerprint density at radius 2 is 2.04 bits per heavy atom. The molecule has 5 nitrogen and oxygen atoms in total. The van der Waals surface area contributed by atoms with Gasteiger partial charge in [0.15, 0.2) is 5.82 Å². The summed E-state index contributed by atoms with van der Waals surface area (Å²) in [5, 5.41) is 7.12. The van der Waals surface area contributed by atoms with Crippen LogP contribution < -0.4 is 4.74 Å². The Morgan fingerprint density at radius 1 is 1.37 bits per heavy atom. The lowest BCUT2D eigenvalue weighted by molar-refractivity contribution is -0.192. The van der Waals surface area contributed by atoms with E-state index in [0.717, 1.165) is 18.2 Å².